The van der Waals surface area contributed by atoms with Gasteiger partial charge in [-0.1, -0.05) is 19.4 Å². The zero-order chi connectivity index (χ0) is 13.8. The molecule has 0 radical (unpaired) electrons. The minimum atomic E-state index is -0.380. The Hall–Kier alpha value is -1.78. The van der Waals surface area contributed by atoms with Crippen LogP contribution in [0.5, 0.6) is 5.75 Å². The first-order valence-electron chi connectivity index (χ1n) is 6.75. The molecule has 1 aromatic rings. The Kier molecular flexibility index (Phi) is 4.24. The second-order valence-corrected chi connectivity index (χ2v) is 5.08. The second-order valence-electron chi connectivity index (χ2n) is 5.08. The summed E-state index contributed by atoms with van der Waals surface area (Å²) in [5.41, 5.74) is 0.522. The van der Waals surface area contributed by atoms with Crippen LogP contribution in [0.25, 0.3) is 0 Å². The molecule has 2 rings (SSSR count). The first kappa shape index (κ1) is 13.6. The van der Waals surface area contributed by atoms with Crippen LogP contribution in [0.1, 0.15) is 32.6 Å². The standard InChI is InChI=1S/C14H20N2O3/c1-10-6-3-4-8-12(10)19-13-9-5-7-11(15-2)14(13)16(17)18/h5,7,9-10,12,15H,3-4,6,8H2,1-2H3. The summed E-state index contributed by atoms with van der Waals surface area (Å²) in [6.07, 6.45) is 4.54. The highest BCUT2D eigenvalue weighted by Gasteiger charge is 2.27. The molecule has 0 spiro atoms. The fourth-order valence-corrected chi connectivity index (χ4v) is 2.63. The van der Waals surface area contributed by atoms with Gasteiger partial charge in [0.25, 0.3) is 0 Å². The molecule has 2 atom stereocenters. The van der Waals surface area contributed by atoms with Crippen molar-refractivity contribution in [3.8, 4) is 5.75 Å². The van der Waals surface area contributed by atoms with Gasteiger partial charge < -0.3 is 10.1 Å². The van der Waals surface area contributed by atoms with Gasteiger partial charge in [-0.15, -0.1) is 0 Å². The third-order valence-electron chi connectivity index (χ3n) is 3.76. The number of para-hydroxylation sites is 1. The Balaban J connectivity index is 2.26. The molecule has 0 aliphatic heterocycles. The number of ether oxygens (including phenoxy) is 1. The highest BCUT2D eigenvalue weighted by Crippen LogP contribution is 2.37. The SMILES string of the molecule is CNc1cccc(OC2CCCCC2C)c1[N+](=O)[O-]. The Morgan fingerprint density at radius 3 is 2.74 bits per heavy atom. The first-order valence-corrected chi connectivity index (χ1v) is 6.75. The van der Waals surface area contributed by atoms with Crippen LogP contribution >= 0.6 is 0 Å². The average Bonchev–Trinajstić information content (AvgIpc) is 2.40. The minimum Gasteiger partial charge on any atom is -0.483 e. The van der Waals surface area contributed by atoms with E-state index < -0.39 is 0 Å². The van der Waals surface area contributed by atoms with Gasteiger partial charge in [-0.05, 0) is 37.3 Å². The van der Waals surface area contributed by atoms with Gasteiger partial charge in [0.2, 0.25) is 0 Å². The summed E-state index contributed by atoms with van der Waals surface area (Å²) in [6, 6.07) is 5.15. The smallest absolute Gasteiger partial charge is 0.333 e. The summed E-state index contributed by atoms with van der Waals surface area (Å²) >= 11 is 0. The van der Waals surface area contributed by atoms with Crippen molar-refractivity contribution in [2.75, 3.05) is 12.4 Å². The van der Waals surface area contributed by atoms with Crippen molar-refractivity contribution in [3.05, 3.63) is 28.3 Å². The van der Waals surface area contributed by atoms with E-state index in [1.54, 1.807) is 25.2 Å². The number of nitro benzene ring substituents is 1. The third-order valence-corrected chi connectivity index (χ3v) is 3.76. The molecule has 0 aromatic heterocycles. The van der Waals surface area contributed by atoms with Crippen molar-refractivity contribution >= 4 is 11.4 Å². The number of hydrogen-bond donors (Lipinski definition) is 1. The monoisotopic (exact) mass is 264 g/mol. The van der Waals surface area contributed by atoms with Gasteiger partial charge in [0.1, 0.15) is 11.8 Å². The normalized spacial score (nSPS) is 22.8. The van der Waals surface area contributed by atoms with Crippen LogP contribution in [0, 0.1) is 16.0 Å². The number of nitrogens with one attached hydrogen (secondary N) is 1. The molecule has 104 valence electrons. The lowest BCUT2D eigenvalue weighted by atomic mass is 9.88. The molecule has 2 unspecified atom stereocenters. The predicted octanol–water partition coefficient (Wildman–Crippen LogP) is 3.59. The number of nitro groups is 1. The second kappa shape index (κ2) is 5.91. The Bertz CT molecular complexity index is 462. The first-order chi connectivity index (χ1) is 9.13. The van der Waals surface area contributed by atoms with Crippen LogP contribution in [-0.4, -0.2) is 18.1 Å². The molecular formula is C14H20N2O3. The number of hydrogen-bond acceptors (Lipinski definition) is 4. The fourth-order valence-electron chi connectivity index (χ4n) is 2.63. The molecule has 0 bridgehead atoms. The summed E-state index contributed by atoms with van der Waals surface area (Å²) < 4.78 is 5.92. The van der Waals surface area contributed by atoms with E-state index in [9.17, 15) is 10.1 Å². The number of rotatable bonds is 4. The van der Waals surface area contributed by atoms with Crippen molar-refractivity contribution in [3.63, 3.8) is 0 Å². The van der Waals surface area contributed by atoms with Crippen molar-refractivity contribution in [1.29, 1.82) is 0 Å². The van der Waals surface area contributed by atoms with E-state index in [1.165, 1.54) is 6.42 Å². The molecule has 1 aliphatic rings. The number of nitrogens with zero attached hydrogens (tertiary/aromatic N) is 1. The minimum absolute atomic E-state index is 0.0303. The van der Waals surface area contributed by atoms with E-state index in [2.05, 4.69) is 12.2 Å². The molecule has 1 aromatic carbocycles. The maximum atomic E-state index is 11.2. The molecule has 0 saturated heterocycles. The zero-order valence-corrected chi connectivity index (χ0v) is 11.4. The van der Waals surface area contributed by atoms with Gasteiger partial charge in [-0.3, -0.25) is 10.1 Å². The summed E-state index contributed by atoms with van der Waals surface area (Å²) in [6.45, 7) is 2.15. The predicted molar refractivity (Wildman–Crippen MR) is 74.7 cm³/mol. The van der Waals surface area contributed by atoms with Crippen LogP contribution in [0.3, 0.4) is 0 Å². The average molecular weight is 264 g/mol. The number of benzene rings is 1. The summed E-state index contributed by atoms with van der Waals surface area (Å²) in [5, 5.41) is 14.1. The lowest BCUT2D eigenvalue weighted by Crippen LogP contribution is -2.28. The molecule has 1 aliphatic carbocycles. The van der Waals surface area contributed by atoms with Crippen LogP contribution < -0.4 is 10.1 Å². The Morgan fingerprint density at radius 2 is 2.11 bits per heavy atom. The lowest BCUT2D eigenvalue weighted by Gasteiger charge is -2.29. The molecule has 1 saturated carbocycles. The van der Waals surface area contributed by atoms with E-state index in [1.807, 2.05) is 0 Å². The molecule has 5 nitrogen and oxygen atoms in total. The highest BCUT2D eigenvalue weighted by molar-refractivity contribution is 5.68. The number of anilines is 1. The maximum absolute atomic E-state index is 11.2. The molecular weight excluding hydrogens is 244 g/mol. The van der Waals surface area contributed by atoms with Crippen LogP contribution in [0.2, 0.25) is 0 Å². The molecule has 19 heavy (non-hydrogen) atoms. The quantitative estimate of drug-likeness (QED) is 0.666. The molecule has 1 fully saturated rings. The molecule has 0 amide bonds. The molecule has 5 heteroatoms. The molecule has 1 N–H and O–H groups in total. The van der Waals surface area contributed by atoms with E-state index in [0.717, 1.165) is 19.3 Å². The van der Waals surface area contributed by atoms with Crippen molar-refractivity contribution < 1.29 is 9.66 Å². The largest absolute Gasteiger partial charge is 0.483 e. The summed E-state index contributed by atoms with van der Waals surface area (Å²) in [4.78, 5) is 10.8. The maximum Gasteiger partial charge on any atom is 0.333 e. The van der Waals surface area contributed by atoms with Gasteiger partial charge in [-0.25, -0.2) is 0 Å². The third kappa shape index (κ3) is 2.97. The zero-order valence-electron chi connectivity index (χ0n) is 11.4. The fraction of sp³-hybridized carbons (Fsp3) is 0.571. The lowest BCUT2D eigenvalue weighted by molar-refractivity contribution is -0.385. The van der Waals surface area contributed by atoms with Gasteiger partial charge in [0.05, 0.1) is 4.92 Å². The Morgan fingerprint density at radius 1 is 1.37 bits per heavy atom. The molecule has 0 heterocycles. The van der Waals surface area contributed by atoms with Crippen LogP contribution in [0.4, 0.5) is 11.4 Å². The van der Waals surface area contributed by atoms with Gasteiger partial charge in [0.15, 0.2) is 5.75 Å². The van der Waals surface area contributed by atoms with E-state index in [0.29, 0.717) is 17.4 Å². The van der Waals surface area contributed by atoms with Gasteiger partial charge >= 0.3 is 5.69 Å². The van der Waals surface area contributed by atoms with Crippen LogP contribution in [0.15, 0.2) is 18.2 Å². The van der Waals surface area contributed by atoms with Crippen molar-refractivity contribution in [2.45, 2.75) is 38.7 Å². The highest BCUT2D eigenvalue weighted by atomic mass is 16.6. The summed E-state index contributed by atoms with van der Waals surface area (Å²) in [5.74, 6) is 0.821. The summed E-state index contributed by atoms with van der Waals surface area (Å²) in [7, 11) is 1.68. The van der Waals surface area contributed by atoms with E-state index in [4.69, 9.17) is 4.74 Å². The topological polar surface area (TPSA) is 64.4 Å². The van der Waals surface area contributed by atoms with Crippen molar-refractivity contribution in [1.82, 2.24) is 0 Å². The van der Waals surface area contributed by atoms with Crippen LogP contribution in [-0.2, 0) is 0 Å². The van der Waals surface area contributed by atoms with Gasteiger partial charge in [0, 0.05) is 7.05 Å². The van der Waals surface area contributed by atoms with E-state index >= 15 is 0 Å². The van der Waals surface area contributed by atoms with Gasteiger partial charge in [-0.2, -0.15) is 0 Å². The van der Waals surface area contributed by atoms with Crippen molar-refractivity contribution in [2.24, 2.45) is 5.92 Å². The van der Waals surface area contributed by atoms with E-state index in [-0.39, 0.29) is 16.7 Å². The Labute approximate surface area is 113 Å².